The van der Waals surface area contributed by atoms with Gasteiger partial charge in [0.05, 0.1) is 12.3 Å². The van der Waals surface area contributed by atoms with Gasteiger partial charge < -0.3 is 4.90 Å². The molecule has 3 heterocycles. The fourth-order valence-corrected chi connectivity index (χ4v) is 5.36. The Bertz CT molecular complexity index is 1000. The minimum Gasteiger partial charge on any atom is -0.337 e. The number of carbonyl (C=O) groups excluding carboxylic acids is 1. The number of carbonyl (C=O) groups is 1. The molecule has 2 aliphatic rings. The van der Waals surface area contributed by atoms with Crippen LogP contribution < -0.4 is 5.56 Å². The first-order valence-electron chi connectivity index (χ1n) is 8.71. The van der Waals surface area contributed by atoms with Crippen molar-refractivity contribution in [3.63, 3.8) is 0 Å². The van der Waals surface area contributed by atoms with E-state index in [0.717, 1.165) is 5.56 Å². The SMILES string of the molecule is CS(=O)(=O)N1C[C@H]2CN(C(=O)c3ccc(=O)[nH]n3)C[C@H]2[C@@H]1c1ccccc1. The van der Waals surface area contributed by atoms with Crippen LogP contribution in [0.25, 0.3) is 0 Å². The summed E-state index contributed by atoms with van der Waals surface area (Å²) in [4.78, 5) is 25.6. The molecule has 0 saturated carbocycles. The van der Waals surface area contributed by atoms with E-state index in [1.807, 2.05) is 30.3 Å². The summed E-state index contributed by atoms with van der Waals surface area (Å²) in [6.45, 7) is 1.32. The molecule has 0 aliphatic carbocycles. The van der Waals surface area contributed by atoms with Gasteiger partial charge in [0, 0.05) is 31.6 Å². The van der Waals surface area contributed by atoms with Crippen molar-refractivity contribution < 1.29 is 13.2 Å². The van der Waals surface area contributed by atoms with Crippen molar-refractivity contribution in [3.8, 4) is 0 Å². The summed E-state index contributed by atoms with van der Waals surface area (Å²) in [6, 6.07) is 11.9. The van der Waals surface area contributed by atoms with Crippen LogP contribution in [0.4, 0.5) is 0 Å². The van der Waals surface area contributed by atoms with Gasteiger partial charge >= 0.3 is 0 Å². The highest BCUT2D eigenvalue weighted by atomic mass is 32.2. The van der Waals surface area contributed by atoms with Crippen LogP contribution in [0.2, 0.25) is 0 Å². The Labute approximate surface area is 156 Å². The second kappa shape index (κ2) is 6.58. The Balaban J connectivity index is 1.62. The Kier molecular flexibility index (Phi) is 4.35. The molecule has 3 atom stereocenters. The third-order valence-corrected chi connectivity index (χ3v) is 6.60. The van der Waals surface area contributed by atoms with E-state index in [9.17, 15) is 18.0 Å². The monoisotopic (exact) mass is 388 g/mol. The molecule has 2 fully saturated rings. The predicted octanol–water partition coefficient (Wildman–Crippen LogP) is 0.475. The topological polar surface area (TPSA) is 103 Å². The number of H-pyrrole nitrogens is 1. The largest absolute Gasteiger partial charge is 0.337 e. The number of sulfonamides is 1. The number of hydrogen-bond acceptors (Lipinski definition) is 5. The number of rotatable bonds is 3. The fraction of sp³-hybridized carbons (Fsp3) is 0.389. The zero-order chi connectivity index (χ0) is 19.2. The van der Waals surface area contributed by atoms with Gasteiger partial charge in [-0.15, -0.1) is 0 Å². The number of hydrogen-bond donors (Lipinski definition) is 1. The lowest BCUT2D eigenvalue weighted by Crippen LogP contribution is -2.37. The summed E-state index contributed by atoms with van der Waals surface area (Å²) >= 11 is 0. The van der Waals surface area contributed by atoms with E-state index in [0.29, 0.717) is 19.6 Å². The summed E-state index contributed by atoms with van der Waals surface area (Å²) in [5.74, 6) is -0.163. The molecule has 9 heteroatoms. The molecule has 2 aliphatic heterocycles. The minimum atomic E-state index is -3.36. The van der Waals surface area contributed by atoms with Gasteiger partial charge in [-0.05, 0) is 17.5 Å². The highest BCUT2D eigenvalue weighted by Crippen LogP contribution is 2.46. The van der Waals surface area contributed by atoms with Crippen molar-refractivity contribution in [1.29, 1.82) is 0 Å². The molecular weight excluding hydrogens is 368 g/mol. The number of aromatic amines is 1. The van der Waals surface area contributed by atoms with E-state index in [2.05, 4.69) is 10.2 Å². The van der Waals surface area contributed by atoms with Gasteiger partial charge in [0.2, 0.25) is 10.0 Å². The Morgan fingerprint density at radius 1 is 1.11 bits per heavy atom. The lowest BCUT2D eigenvalue weighted by molar-refractivity contribution is 0.0766. The molecule has 0 spiro atoms. The summed E-state index contributed by atoms with van der Waals surface area (Å²) < 4.78 is 26.2. The standard InChI is InChI=1S/C18H20N4O4S/c1-27(25,26)22-10-13-9-21(18(24)15-7-8-16(23)20-19-15)11-14(13)17(22)12-5-3-2-4-6-12/h2-8,13-14,17H,9-11H2,1H3,(H,20,23)/t13-,14-,17+/m1/s1. The molecule has 0 unspecified atom stereocenters. The summed E-state index contributed by atoms with van der Waals surface area (Å²) in [6.07, 6.45) is 1.23. The maximum Gasteiger partial charge on any atom is 0.274 e. The second-order valence-corrected chi connectivity index (χ2v) is 9.06. The molecule has 142 valence electrons. The first-order chi connectivity index (χ1) is 12.8. The van der Waals surface area contributed by atoms with Gasteiger partial charge in [0.25, 0.3) is 11.5 Å². The molecule has 2 aromatic rings. The predicted molar refractivity (Wildman–Crippen MR) is 98.5 cm³/mol. The number of benzene rings is 1. The molecule has 8 nitrogen and oxygen atoms in total. The van der Waals surface area contributed by atoms with E-state index < -0.39 is 10.0 Å². The van der Waals surface area contributed by atoms with Crippen LogP contribution in [0.3, 0.4) is 0 Å². The van der Waals surface area contributed by atoms with Gasteiger partial charge in [-0.2, -0.15) is 9.40 Å². The van der Waals surface area contributed by atoms with Crippen LogP contribution in [-0.2, 0) is 10.0 Å². The summed E-state index contributed by atoms with van der Waals surface area (Å²) in [5.41, 5.74) is 0.760. The van der Waals surface area contributed by atoms with Crippen molar-refractivity contribution >= 4 is 15.9 Å². The molecule has 4 rings (SSSR count). The Morgan fingerprint density at radius 2 is 1.85 bits per heavy atom. The summed E-state index contributed by atoms with van der Waals surface area (Å²) in [5, 5.41) is 6.09. The Morgan fingerprint density at radius 3 is 2.48 bits per heavy atom. The van der Waals surface area contributed by atoms with Gasteiger partial charge in [0.1, 0.15) is 5.69 Å². The van der Waals surface area contributed by atoms with Gasteiger partial charge in [-0.3, -0.25) is 9.59 Å². The van der Waals surface area contributed by atoms with Crippen molar-refractivity contribution in [3.05, 3.63) is 64.1 Å². The average molecular weight is 388 g/mol. The molecule has 27 heavy (non-hydrogen) atoms. The van der Waals surface area contributed by atoms with Crippen molar-refractivity contribution in [1.82, 2.24) is 19.4 Å². The molecule has 1 aromatic heterocycles. The molecule has 1 amide bonds. The van der Waals surface area contributed by atoms with Crippen LogP contribution in [0, 0.1) is 11.8 Å². The quantitative estimate of drug-likeness (QED) is 0.823. The maximum absolute atomic E-state index is 12.7. The van der Waals surface area contributed by atoms with Crippen molar-refractivity contribution in [2.75, 3.05) is 25.9 Å². The van der Waals surface area contributed by atoms with E-state index in [-0.39, 0.29) is 35.0 Å². The van der Waals surface area contributed by atoms with Crippen LogP contribution in [0.1, 0.15) is 22.1 Å². The molecule has 1 aromatic carbocycles. The van der Waals surface area contributed by atoms with Crippen LogP contribution in [0.15, 0.2) is 47.3 Å². The number of nitrogens with zero attached hydrogens (tertiary/aromatic N) is 3. The number of aromatic nitrogens is 2. The molecule has 0 bridgehead atoms. The van der Waals surface area contributed by atoms with Crippen LogP contribution >= 0.6 is 0 Å². The molecule has 0 radical (unpaired) electrons. The number of likely N-dealkylation sites (tertiary alicyclic amines) is 1. The van der Waals surface area contributed by atoms with Gasteiger partial charge in [0.15, 0.2) is 0 Å². The van der Waals surface area contributed by atoms with E-state index in [1.54, 1.807) is 9.21 Å². The lowest BCUT2D eigenvalue weighted by Gasteiger charge is -2.28. The van der Waals surface area contributed by atoms with E-state index >= 15 is 0 Å². The second-order valence-electron chi connectivity index (χ2n) is 7.13. The highest BCUT2D eigenvalue weighted by molar-refractivity contribution is 7.88. The molecular formula is C18H20N4O4S. The van der Waals surface area contributed by atoms with E-state index in [4.69, 9.17) is 0 Å². The number of amides is 1. The lowest BCUT2D eigenvalue weighted by atomic mass is 9.90. The van der Waals surface area contributed by atoms with Gasteiger partial charge in [-0.25, -0.2) is 13.5 Å². The van der Waals surface area contributed by atoms with Crippen LogP contribution in [0.5, 0.6) is 0 Å². The zero-order valence-electron chi connectivity index (χ0n) is 14.8. The smallest absolute Gasteiger partial charge is 0.274 e. The normalized spacial score (nSPS) is 25.5. The van der Waals surface area contributed by atoms with Crippen LogP contribution in [-0.4, -0.2) is 59.6 Å². The zero-order valence-corrected chi connectivity index (χ0v) is 15.6. The molecule has 1 N–H and O–H groups in total. The fourth-order valence-electron chi connectivity index (χ4n) is 4.20. The maximum atomic E-state index is 12.7. The molecule has 2 saturated heterocycles. The third kappa shape index (κ3) is 3.28. The minimum absolute atomic E-state index is 0.0221. The van der Waals surface area contributed by atoms with Crippen molar-refractivity contribution in [2.45, 2.75) is 6.04 Å². The first-order valence-corrected chi connectivity index (χ1v) is 10.6. The van der Waals surface area contributed by atoms with E-state index in [1.165, 1.54) is 18.4 Å². The van der Waals surface area contributed by atoms with Crippen molar-refractivity contribution in [2.24, 2.45) is 11.8 Å². The third-order valence-electron chi connectivity index (χ3n) is 5.37. The number of fused-ring (bicyclic) bond motifs is 1. The Hall–Kier alpha value is -2.52. The first kappa shape index (κ1) is 17.9. The number of nitrogens with one attached hydrogen (secondary N) is 1. The average Bonchev–Trinajstić information content (AvgIpc) is 3.20. The summed E-state index contributed by atoms with van der Waals surface area (Å²) in [7, 11) is -3.36. The van der Waals surface area contributed by atoms with Gasteiger partial charge in [-0.1, -0.05) is 30.3 Å². The highest BCUT2D eigenvalue weighted by Gasteiger charge is 2.51.